The summed E-state index contributed by atoms with van der Waals surface area (Å²) in [5.41, 5.74) is 6.56. The van der Waals surface area contributed by atoms with Gasteiger partial charge in [-0.1, -0.05) is 48.5 Å². The second-order valence-corrected chi connectivity index (χ2v) is 11.6. The highest BCUT2D eigenvalue weighted by atomic mass is 16.3. The van der Waals surface area contributed by atoms with Crippen LogP contribution in [0.1, 0.15) is 27.7 Å². The smallest absolute Gasteiger partial charge is 0.190 e. The molecule has 0 amide bonds. The van der Waals surface area contributed by atoms with E-state index in [1.807, 2.05) is 72.8 Å². The molecular weight excluding hydrogens is 600 g/mol. The van der Waals surface area contributed by atoms with Crippen molar-refractivity contribution in [3.63, 3.8) is 0 Å². The number of aromatic nitrogens is 2. The Hall–Kier alpha value is -5.76. The molecule has 0 spiro atoms. The second-order valence-electron chi connectivity index (χ2n) is 11.6. The highest BCUT2D eigenvalue weighted by molar-refractivity contribution is 5.97. The minimum Gasteiger partial charge on any atom is -0.453 e. The fraction of sp³-hybridized carbons (Fsp3) is 0.200. The summed E-state index contributed by atoms with van der Waals surface area (Å²) in [5, 5.41) is 3.01. The Balaban J connectivity index is 0.000000152. The first kappa shape index (κ1) is 30.9. The minimum absolute atomic E-state index is 0.0390. The Morgan fingerprint density at radius 1 is 0.500 bits per heavy atom. The lowest BCUT2D eigenvalue weighted by Gasteiger charge is -2.21. The van der Waals surface area contributed by atoms with E-state index in [1.54, 1.807) is 0 Å². The maximum absolute atomic E-state index is 12.3. The number of nitrogens with zero attached hydrogens (tertiary/aromatic N) is 4. The van der Waals surface area contributed by atoms with Gasteiger partial charge in [0.05, 0.1) is 0 Å². The van der Waals surface area contributed by atoms with Crippen molar-refractivity contribution >= 4 is 55.1 Å². The molecule has 4 aliphatic rings. The summed E-state index contributed by atoms with van der Waals surface area (Å²) in [6.07, 6.45) is 0. The lowest BCUT2D eigenvalue weighted by Crippen LogP contribution is -2.21. The van der Waals surface area contributed by atoms with Gasteiger partial charge in [-0.3, -0.25) is 9.59 Å². The highest BCUT2D eigenvalue weighted by Gasteiger charge is 2.17. The summed E-state index contributed by atoms with van der Waals surface area (Å²) < 4.78 is 12.1. The summed E-state index contributed by atoms with van der Waals surface area (Å²) in [7, 11) is 0. The average Bonchev–Trinajstić information content (AvgIpc) is 3.12. The first-order valence-electron chi connectivity index (χ1n) is 16.4. The van der Waals surface area contributed by atoms with Gasteiger partial charge in [0.25, 0.3) is 0 Å². The van der Waals surface area contributed by atoms with Crippen molar-refractivity contribution < 1.29 is 8.83 Å². The molecule has 0 atom stereocenters. The number of anilines is 2. The second kappa shape index (κ2) is 12.8. The largest absolute Gasteiger partial charge is 0.453 e. The van der Waals surface area contributed by atoms with Crippen LogP contribution >= 0.6 is 0 Å². The van der Waals surface area contributed by atoms with Crippen LogP contribution in [0.15, 0.2) is 115 Å². The van der Waals surface area contributed by atoms with Crippen molar-refractivity contribution in [2.24, 2.45) is 0 Å². The van der Waals surface area contributed by atoms with Crippen molar-refractivity contribution in [2.75, 3.05) is 36.0 Å². The van der Waals surface area contributed by atoms with Crippen molar-refractivity contribution in [3.8, 4) is 22.9 Å². The van der Waals surface area contributed by atoms with Crippen LogP contribution in [0.25, 0.3) is 66.7 Å². The van der Waals surface area contributed by atoms with E-state index in [0.29, 0.717) is 33.5 Å². The van der Waals surface area contributed by atoms with Crippen LogP contribution in [0, 0.1) is 0 Å². The molecule has 48 heavy (non-hydrogen) atoms. The molecule has 0 saturated carbocycles. The maximum Gasteiger partial charge on any atom is 0.190 e. The molecule has 2 aliphatic heterocycles. The van der Waals surface area contributed by atoms with E-state index in [-0.39, 0.29) is 10.9 Å². The van der Waals surface area contributed by atoms with Crippen LogP contribution in [-0.4, -0.2) is 36.1 Å². The molecule has 4 aromatic carbocycles. The van der Waals surface area contributed by atoms with E-state index in [4.69, 9.17) is 18.8 Å². The Morgan fingerprint density at radius 3 is 1.25 bits per heavy atom. The summed E-state index contributed by atoms with van der Waals surface area (Å²) in [6, 6.07) is 30.2. The van der Waals surface area contributed by atoms with E-state index in [2.05, 4.69) is 49.6 Å². The van der Waals surface area contributed by atoms with Crippen LogP contribution in [0.4, 0.5) is 11.4 Å². The average molecular weight is 637 g/mol. The van der Waals surface area contributed by atoms with Crippen molar-refractivity contribution in [1.82, 2.24) is 9.97 Å². The zero-order valence-electron chi connectivity index (χ0n) is 27.5. The molecule has 2 heterocycles. The van der Waals surface area contributed by atoms with Gasteiger partial charge in [0.2, 0.25) is 0 Å². The number of hydrogen-bond acceptors (Lipinski definition) is 8. The Morgan fingerprint density at radius 2 is 0.875 bits per heavy atom. The van der Waals surface area contributed by atoms with Gasteiger partial charge in [-0.2, -0.15) is 0 Å². The van der Waals surface area contributed by atoms with Crippen LogP contribution in [-0.2, 0) is 0 Å². The molecule has 8 nitrogen and oxygen atoms in total. The SMILES string of the molecule is CCN(CC)c1ccc2nc3c4ccccc4c(=O)cc-3oc2c1.CCN(CC)c1ccc2nc3c4ccccc4c(=O)cc-3oc2c1. The third-order valence-corrected chi connectivity index (χ3v) is 8.93. The highest BCUT2D eigenvalue weighted by Crippen LogP contribution is 2.33. The first-order chi connectivity index (χ1) is 23.4. The fourth-order valence-corrected chi connectivity index (χ4v) is 6.39. The molecule has 2 aliphatic carbocycles. The molecule has 0 bridgehead atoms. The molecule has 0 radical (unpaired) electrons. The van der Waals surface area contributed by atoms with E-state index < -0.39 is 0 Å². The molecule has 0 fully saturated rings. The summed E-state index contributed by atoms with van der Waals surface area (Å²) in [4.78, 5) is 38.6. The van der Waals surface area contributed by atoms with Gasteiger partial charge in [-0.05, 0) is 52.0 Å². The molecule has 0 N–H and O–H groups in total. The Labute approximate surface area is 277 Å². The lowest BCUT2D eigenvalue weighted by atomic mass is 10.0. The van der Waals surface area contributed by atoms with E-state index in [0.717, 1.165) is 70.7 Å². The summed E-state index contributed by atoms with van der Waals surface area (Å²) in [5.74, 6) is 1.06. The zero-order chi connectivity index (χ0) is 33.4. The molecule has 0 aromatic heterocycles. The van der Waals surface area contributed by atoms with Crippen LogP contribution < -0.4 is 20.7 Å². The lowest BCUT2D eigenvalue weighted by molar-refractivity contribution is 0.613. The zero-order valence-corrected chi connectivity index (χ0v) is 27.5. The van der Waals surface area contributed by atoms with Crippen LogP contribution in [0.3, 0.4) is 0 Å². The third-order valence-electron chi connectivity index (χ3n) is 8.93. The topological polar surface area (TPSA) is 92.7 Å². The predicted octanol–water partition coefficient (Wildman–Crippen LogP) is 8.58. The van der Waals surface area contributed by atoms with E-state index in [1.165, 1.54) is 12.1 Å². The maximum atomic E-state index is 12.3. The van der Waals surface area contributed by atoms with Gasteiger partial charge < -0.3 is 18.6 Å². The van der Waals surface area contributed by atoms with Gasteiger partial charge in [0.1, 0.15) is 22.4 Å². The molecule has 0 unspecified atom stereocenters. The monoisotopic (exact) mass is 636 g/mol. The number of hydrogen-bond donors (Lipinski definition) is 0. The molecule has 240 valence electrons. The van der Waals surface area contributed by atoms with Gasteiger partial charge in [-0.15, -0.1) is 0 Å². The third kappa shape index (κ3) is 5.49. The summed E-state index contributed by atoms with van der Waals surface area (Å²) >= 11 is 0. The molecule has 8 heteroatoms. The molecule has 4 aromatic rings. The van der Waals surface area contributed by atoms with Crippen molar-refractivity contribution in [3.05, 3.63) is 118 Å². The first-order valence-corrected chi connectivity index (χ1v) is 16.4. The van der Waals surface area contributed by atoms with E-state index in [9.17, 15) is 9.59 Å². The molecule has 0 saturated heterocycles. The number of benzene rings is 6. The normalized spacial score (nSPS) is 11.4. The Bertz CT molecular complexity index is 2300. The Kier molecular flexibility index (Phi) is 8.23. The minimum atomic E-state index is -0.0390. The van der Waals surface area contributed by atoms with Gasteiger partial charge in [0, 0.05) is 83.4 Å². The van der Waals surface area contributed by atoms with Crippen LogP contribution in [0.2, 0.25) is 0 Å². The van der Waals surface area contributed by atoms with E-state index >= 15 is 0 Å². The van der Waals surface area contributed by atoms with Gasteiger partial charge >= 0.3 is 0 Å². The van der Waals surface area contributed by atoms with Crippen LogP contribution in [0.5, 0.6) is 0 Å². The fourth-order valence-electron chi connectivity index (χ4n) is 6.39. The molecule has 8 rings (SSSR count). The van der Waals surface area contributed by atoms with Crippen molar-refractivity contribution in [1.29, 1.82) is 0 Å². The predicted molar refractivity (Wildman–Crippen MR) is 196 cm³/mol. The van der Waals surface area contributed by atoms with Crippen molar-refractivity contribution in [2.45, 2.75) is 27.7 Å². The standard InChI is InChI=1S/2C20H18N2O2/c2*1-3-22(4-2)13-9-10-16-18(11-13)24-19-12-17(23)14-7-5-6-8-15(14)20(19)21-16/h2*5-12H,3-4H2,1-2H3. The summed E-state index contributed by atoms with van der Waals surface area (Å²) in [6.45, 7) is 12.2. The number of rotatable bonds is 6. The van der Waals surface area contributed by atoms with Gasteiger partial charge in [0.15, 0.2) is 33.5 Å². The van der Waals surface area contributed by atoms with Gasteiger partial charge in [-0.25, -0.2) is 9.97 Å². The number of fused-ring (bicyclic) bond motifs is 8. The molecular formula is C40H36N4O4. The quantitative estimate of drug-likeness (QED) is 0.132.